The van der Waals surface area contributed by atoms with Crippen molar-refractivity contribution in [2.75, 3.05) is 31.7 Å². The molecule has 0 spiro atoms. The fraction of sp³-hybridized carbons (Fsp3) is 0.429. The number of para-hydroxylation sites is 1. The molecule has 0 aliphatic rings. The minimum atomic E-state index is 0.561. The van der Waals surface area contributed by atoms with Crippen molar-refractivity contribution in [2.24, 2.45) is 0 Å². The minimum Gasteiger partial charge on any atom is -0.493 e. The summed E-state index contributed by atoms with van der Waals surface area (Å²) in [4.78, 5) is 0. The Bertz CT molecular complexity index is 616. The van der Waals surface area contributed by atoms with Crippen LogP contribution in [0.2, 0.25) is 0 Å². The molecule has 0 aliphatic heterocycles. The second-order valence-electron chi connectivity index (χ2n) is 5.74. The summed E-state index contributed by atoms with van der Waals surface area (Å²) in [7, 11) is 0. The molecular formula is C21H29NO3. The lowest BCUT2D eigenvalue weighted by atomic mass is 10.2. The molecule has 0 aliphatic carbocycles. The SMILES string of the molecule is CCCCOc1ccccc1CNc1cccc(OCCOCC)c1. The number of ether oxygens (including phenoxy) is 3. The van der Waals surface area contributed by atoms with Gasteiger partial charge in [0.25, 0.3) is 0 Å². The average molecular weight is 343 g/mol. The molecule has 25 heavy (non-hydrogen) atoms. The lowest BCUT2D eigenvalue weighted by Crippen LogP contribution is -2.07. The predicted molar refractivity (Wildman–Crippen MR) is 103 cm³/mol. The second kappa shape index (κ2) is 11.4. The summed E-state index contributed by atoms with van der Waals surface area (Å²) in [5, 5.41) is 3.44. The van der Waals surface area contributed by atoms with Crippen LogP contribution < -0.4 is 14.8 Å². The number of hydrogen-bond acceptors (Lipinski definition) is 4. The molecule has 0 saturated carbocycles. The van der Waals surface area contributed by atoms with Gasteiger partial charge >= 0.3 is 0 Å². The van der Waals surface area contributed by atoms with E-state index in [-0.39, 0.29) is 0 Å². The molecule has 0 radical (unpaired) electrons. The van der Waals surface area contributed by atoms with E-state index in [0.29, 0.717) is 26.4 Å². The van der Waals surface area contributed by atoms with E-state index >= 15 is 0 Å². The Morgan fingerprint density at radius 3 is 2.60 bits per heavy atom. The number of benzene rings is 2. The van der Waals surface area contributed by atoms with Crippen molar-refractivity contribution in [2.45, 2.75) is 33.2 Å². The lowest BCUT2D eigenvalue weighted by molar-refractivity contribution is 0.110. The van der Waals surface area contributed by atoms with Gasteiger partial charge in [0.2, 0.25) is 0 Å². The number of anilines is 1. The van der Waals surface area contributed by atoms with Crippen molar-refractivity contribution in [3.05, 3.63) is 54.1 Å². The predicted octanol–water partition coefficient (Wildman–Crippen LogP) is 4.89. The molecule has 0 fully saturated rings. The van der Waals surface area contributed by atoms with Gasteiger partial charge in [-0.3, -0.25) is 0 Å². The first-order chi connectivity index (χ1) is 12.3. The van der Waals surface area contributed by atoms with E-state index in [1.165, 1.54) is 0 Å². The quantitative estimate of drug-likeness (QED) is 0.557. The van der Waals surface area contributed by atoms with Crippen LogP contribution in [0.25, 0.3) is 0 Å². The molecule has 2 rings (SSSR count). The number of hydrogen-bond donors (Lipinski definition) is 1. The topological polar surface area (TPSA) is 39.7 Å². The Morgan fingerprint density at radius 2 is 1.76 bits per heavy atom. The fourth-order valence-corrected chi connectivity index (χ4v) is 2.37. The van der Waals surface area contributed by atoms with Crippen molar-refractivity contribution < 1.29 is 14.2 Å². The van der Waals surface area contributed by atoms with Gasteiger partial charge in [0.1, 0.15) is 18.1 Å². The molecule has 0 aromatic heterocycles. The molecule has 0 bridgehead atoms. The summed E-state index contributed by atoms with van der Waals surface area (Å²) in [5.74, 6) is 1.80. The van der Waals surface area contributed by atoms with Crippen molar-refractivity contribution in [3.8, 4) is 11.5 Å². The third-order valence-electron chi connectivity index (χ3n) is 3.75. The number of rotatable bonds is 12. The van der Waals surface area contributed by atoms with E-state index in [1.807, 2.05) is 49.4 Å². The van der Waals surface area contributed by atoms with Crippen molar-refractivity contribution >= 4 is 5.69 Å². The van der Waals surface area contributed by atoms with Crippen LogP contribution in [0.4, 0.5) is 5.69 Å². The summed E-state index contributed by atoms with van der Waals surface area (Å²) in [5.41, 5.74) is 2.18. The monoisotopic (exact) mass is 343 g/mol. The average Bonchev–Trinajstić information content (AvgIpc) is 2.65. The van der Waals surface area contributed by atoms with E-state index in [1.54, 1.807) is 0 Å². The molecule has 0 unspecified atom stereocenters. The molecule has 0 heterocycles. The molecule has 0 saturated heterocycles. The molecule has 0 atom stereocenters. The van der Waals surface area contributed by atoms with Crippen LogP contribution in [0.15, 0.2) is 48.5 Å². The normalized spacial score (nSPS) is 10.5. The minimum absolute atomic E-state index is 0.561. The van der Waals surface area contributed by atoms with Crippen molar-refractivity contribution in [1.29, 1.82) is 0 Å². The van der Waals surface area contributed by atoms with Crippen LogP contribution in [0.5, 0.6) is 11.5 Å². The van der Waals surface area contributed by atoms with Gasteiger partial charge in [-0.2, -0.15) is 0 Å². The Morgan fingerprint density at radius 1 is 0.880 bits per heavy atom. The number of nitrogens with one attached hydrogen (secondary N) is 1. The molecular weight excluding hydrogens is 314 g/mol. The Hall–Kier alpha value is -2.20. The van der Waals surface area contributed by atoms with Crippen LogP contribution in [0.3, 0.4) is 0 Å². The number of unbranched alkanes of at least 4 members (excludes halogenated alkanes) is 1. The molecule has 4 nitrogen and oxygen atoms in total. The summed E-state index contributed by atoms with van der Waals surface area (Å²) in [6, 6.07) is 16.2. The van der Waals surface area contributed by atoms with Crippen LogP contribution in [0.1, 0.15) is 32.3 Å². The van der Waals surface area contributed by atoms with Gasteiger partial charge < -0.3 is 19.5 Å². The second-order valence-corrected chi connectivity index (χ2v) is 5.74. The maximum Gasteiger partial charge on any atom is 0.124 e. The van der Waals surface area contributed by atoms with E-state index in [4.69, 9.17) is 14.2 Å². The molecule has 4 heteroatoms. The van der Waals surface area contributed by atoms with Gasteiger partial charge in [0.05, 0.1) is 13.2 Å². The summed E-state index contributed by atoms with van der Waals surface area (Å²) in [6.45, 7) is 7.50. The Kier molecular flexibility index (Phi) is 8.70. The van der Waals surface area contributed by atoms with Crippen LogP contribution in [0, 0.1) is 0 Å². The highest BCUT2D eigenvalue weighted by molar-refractivity contribution is 5.49. The van der Waals surface area contributed by atoms with Gasteiger partial charge in [-0.1, -0.05) is 37.6 Å². The Balaban J connectivity index is 1.88. The molecule has 2 aromatic carbocycles. The summed E-state index contributed by atoms with van der Waals surface area (Å²) in [6.07, 6.45) is 2.21. The van der Waals surface area contributed by atoms with E-state index in [2.05, 4.69) is 18.3 Å². The lowest BCUT2D eigenvalue weighted by Gasteiger charge is -2.13. The van der Waals surface area contributed by atoms with E-state index < -0.39 is 0 Å². The highest BCUT2D eigenvalue weighted by atomic mass is 16.5. The zero-order valence-corrected chi connectivity index (χ0v) is 15.3. The van der Waals surface area contributed by atoms with Crippen molar-refractivity contribution in [1.82, 2.24) is 0 Å². The first kappa shape index (κ1) is 19.1. The zero-order chi connectivity index (χ0) is 17.7. The van der Waals surface area contributed by atoms with Crippen LogP contribution in [-0.4, -0.2) is 26.4 Å². The smallest absolute Gasteiger partial charge is 0.124 e. The third-order valence-corrected chi connectivity index (χ3v) is 3.75. The van der Waals surface area contributed by atoms with Crippen molar-refractivity contribution in [3.63, 3.8) is 0 Å². The fourth-order valence-electron chi connectivity index (χ4n) is 2.37. The maximum atomic E-state index is 5.89. The Labute approximate surface area is 151 Å². The van der Waals surface area contributed by atoms with E-state index in [0.717, 1.165) is 42.2 Å². The van der Waals surface area contributed by atoms with Gasteiger partial charge in [-0.15, -0.1) is 0 Å². The molecule has 1 N–H and O–H groups in total. The summed E-state index contributed by atoms with van der Waals surface area (Å²) >= 11 is 0. The standard InChI is InChI=1S/C21H29NO3/c1-3-5-13-25-21-12-7-6-9-18(21)17-22-19-10-8-11-20(16-19)24-15-14-23-4-2/h6-12,16,22H,3-5,13-15,17H2,1-2H3. The highest BCUT2D eigenvalue weighted by Crippen LogP contribution is 2.22. The zero-order valence-electron chi connectivity index (χ0n) is 15.3. The largest absolute Gasteiger partial charge is 0.493 e. The van der Waals surface area contributed by atoms with Gasteiger partial charge in [-0.25, -0.2) is 0 Å². The first-order valence-corrected chi connectivity index (χ1v) is 9.08. The van der Waals surface area contributed by atoms with Gasteiger partial charge in [0, 0.05) is 30.5 Å². The highest BCUT2D eigenvalue weighted by Gasteiger charge is 2.03. The molecule has 2 aromatic rings. The van der Waals surface area contributed by atoms with Crippen LogP contribution in [-0.2, 0) is 11.3 Å². The first-order valence-electron chi connectivity index (χ1n) is 9.08. The molecule has 136 valence electrons. The van der Waals surface area contributed by atoms with E-state index in [9.17, 15) is 0 Å². The maximum absolute atomic E-state index is 5.89. The third kappa shape index (κ3) is 7.06. The van der Waals surface area contributed by atoms with Gasteiger partial charge in [-0.05, 0) is 31.5 Å². The van der Waals surface area contributed by atoms with Crippen LogP contribution >= 0.6 is 0 Å². The summed E-state index contributed by atoms with van der Waals surface area (Å²) < 4.78 is 16.9. The van der Waals surface area contributed by atoms with Gasteiger partial charge in [0.15, 0.2) is 0 Å². The molecule has 0 amide bonds.